The molecule has 27 heavy (non-hydrogen) atoms. The number of methoxy groups -OCH3 is 1. The normalized spacial score (nSPS) is 10.1. The fourth-order valence-corrected chi connectivity index (χ4v) is 2.30. The maximum atomic E-state index is 14.2. The van der Waals surface area contributed by atoms with E-state index in [1.165, 1.54) is 48.7 Å². The first kappa shape index (κ1) is 17.9. The molecular formula is C18H14FN5O3. The van der Waals surface area contributed by atoms with Crippen LogP contribution in [0.25, 0.3) is 5.69 Å². The van der Waals surface area contributed by atoms with Gasteiger partial charge < -0.3 is 14.8 Å². The van der Waals surface area contributed by atoms with Gasteiger partial charge in [-0.3, -0.25) is 4.79 Å². The van der Waals surface area contributed by atoms with Gasteiger partial charge in [0.05, 0.1) is 18.7 Å². The first-order valence-corrected chi connectivity index (χ1v) is 7.76. The smallest absolute Gasteiger partial charge is 0.262 e. The lowest BCUT2D eigenvalue weighted by Crippen LogP contribution is -2.20. The number of rotatable bonds is 6. The van der Waals surface area contributed by atoms with Crippen LogP contribution in [0.3, 0.4) is 0 Å². The van der Waals surface area contributed by atoms with Crippen LogP contribution in [0, 0.1) is 17.1 Å². The van der Waals surface area contributed by atoms with Gasteiger partial charge in [-0.25, -0.2) is 14.1 Å². The number of hydrogen-bond acceptors (Lipinski definition) is 6. The van der Waals surface area contributed by atoms with Gasteiger partial charge in [-0.1, -0.05) is 0 Å². The molecule has 2 aromatic carbocycles. The minimum atomic E-state index is -0.562. The van der Waals surface area contributed by atoms with Crippen molar-refractivity contribution in [2.45, 2.75) is 0 Å². The van der Waals surface area contributed by atoms with Crippen molar-refractivity contribution < 1.29 is 18.7 Å². The van der Waals surface area contributed by atoms with Gasteiger partial charge in [-0.05, 0) is 30.3 Å². The second kappa shape index (κ2) is 7.97. The van der Waals surface area contributed by atoms with Crippen LogP contribution in [0.4, 0.5) is 10.1 Å². The Balaban J connectivity index is 1.63. The first-order valence-electron chi connectivity index (χ1n) is 7.76. The van der Waals surface area contributed by atoms with Gasteiger partial charge in [0.25, 0.3) is 5.91 Å². The van der Waals surface area contributed by atoms with Crippen molar-refractivity contribution in [2.75, 3.05) is 19.0 Å². The van der Waals surface area contributed by atoms with Crippen LogP contribution in [0.1, 0.15) is 5.56 Å². The molecular weight excluding hydrogens is 353 g/mol. The molecule has 1 N–H and O–H groups in total. The van der Waals surface area contributed by atoms with E-state index in [-0.39, 0.29) is 18.0 Å². The third-order valence-electron chi connectivity index (χ3n) is 3.55. The van der Waals surface area contributed by atoms with Gasteiger partial charge in [0.2, 0.25) is 0 Å². The fraction of sp³-hybridized carbons (Fsp3) is 0.111. The van der Waals surface area contributed by atoms with Crippen molar-refractivity contribution in [3.63, 3.8) is 0 Å². The number of carbonyl (C=O) groups is 1. The molecule has 0 fully saturated rings. The van der Waals surface area contributed by atoms with E-state index in [0.717, 1.165) is 0 Å². The van der Waals surface area contributed by atoms with Gasteiger partial charge in [-0.2, -0.15) is 10.4 Å². The third kappa shape index (κ3) is 4.19. The standard InChI is InChI=1S/C18H14FN5O3/c1-26-17-6-12(8-20)2-5-16(17)27-9-18(25)23-13-3-4-15(14(19)7-13)24-11-21-10-22-24/h2-7,10-11H,9H2,1H3,(H,23,25). The molecule has 0 aliphatic heterocycles. The highest BCUT2D eigenvalue weighted by atomic mass is 19.1. The number of nitrogens with zero attached hydrogens (tertiary/aromatic N) is 4. The summed E-state index contributed by atoms with van der Waals surface area (Å²) in [6.07, 6.45) is 2.67. The number of hydrogen-bond donors (Lipinski definition) is 1. The van der Waals surface area contributed by atoms with Crippen LogP contribution in [0.2, 0.25) is 0 Å². The second-order valence-corrected chi connectivity index (χ2v) is 5.32. The van der Waals surface area contributed by atoms with Crippen molar-refractivity contribution in [1.29, 1.82) is 5.26 Å². The largest absolute Gasteiger partial charge is 0.493 e. The maximum Gasteiger partial charge on any atom is 0.262 e. The summed E-state index contributed by atoms with van der Waals surface area (Å²) in [6.45, 7) is -0.311. The molecule has 0 radical (unpaired) electrons. The molecule has 8 nitrogen and oxygen atoms in total. The Morgan fingerprint density at radius 3 is 2.81 bits per heavy atom. The monoisotopic (exact) mass is 367 g/mol. The number of anilines is 1. The quantitative estimate of drug-likeness (QED) is 0.717. The lowest BCUT2D eigenvalue weighted by atomic mass is 10.2. The predicted molar refractivity (Wildman–Crippen MR) is 93.2 cm³/mol. The van der Waals surface area contributed by atoms with Crippen LogP contribution >= 0.6 is 0 Å². The summed E-state index contributed by atoms with van der Waals surface area (Å²) in [6, 6.07) is 10.8. The summed E-state index contributed by atoms with van der Waals surface area (Å²) in [5.41, 5.74) is 0.896. The molecule has 0 aliphatic carbocycles. The van der Waals surface area contributed by atoms with Crippen molar-refractivity contribution in [3.8, 4) is 23.3 Å². The lowest BCUT2D eigenvalue weighted by Gasteiger charge is -2.11. The van der Waals surface area contributed by atoms with E-state index in [9.17, 15) is 9.18 Å². The molecule has 1 heterocycles. The van der Waals surface area contributed by atoms with Crippen LogP contribution < -0.4 is 14.8 Å². The van der Waals surface area contributed by atoms with E-state index in [2.05, 4.69) is 15.4 Å². The van der Waals surface area contributed by atoms with E-state index < -0.39 is 11.7 Å². The number of benzene rings is 2. The summed E-state index contributed by atoms with van der Waals surface area (Å²) in [7, 11) is 1.43. The average Bonchev–Trinajstić information content (AvgIpc) is 3.20. The Labute approximate surface area is 153 Å². The van der Waals surface area contributed by atoms with Crippen LogP contribution in [0.15, 0.2) is 49.1 Å². The number of amides is 1. The van der Waals surface area contributed by atoms with Crippen LogP contribution in [-0.4, -0.2) is 34.4 Å². The zero-order valence-corrected chi connectivity index (χ0v) is 14.2. The molecule has 3 rings (SSSR count). The molecule has 0 aliphatic rings. The van der Waals surface area contributed by atoms with Gasteiger partial charge in [0, 0.05) is 11.8 Å². The van der Waals surface area contributed by atoms with Crippen molar-refractivity contribution >= 4 is 11.6 Å². The van der Waals surface area contributed by atoms with E-state index in [1.54, 1.807) is 12.1 Å². The van der Waals surface area contributed by atoms with E-state index in [0.29, 0.717) is 17.1 Å². The zero-order chi connectivity index (χ0) is 19.2. The highest BCUT2D eigenvalue weighted by Crippen LogP contribution is 2.27. The zero-order valence-electron chi connectivity index (χ0n) is 14.2. The molecule has 0 bridgehead atoms. The molecule has 136 valence electrons. The highest BCUT2D eigenvalue weighted by Gasteiger charge is 2.11. The number of aromatic nitrogens is 3. The Morgan fingerprint density at radius 2 is 2.15 bits per heavy atom. The van der Waals surface area contributed by atoms with Crippen LogP contribution in [0.5, 0.6) is 11.5 Å². The Bertz CT molecular complexity index is 999. The van der Waals surface area contributed by atoms with Gasteiger partial charge in [-0.15, -0.1) is 0 Å². The molecule has 0 unspecified atom stereocenters. The van der Waals surface area contributed by atoms with E-state index >= 15 is 0 Å². The van der Waals surface area contributed by atoms with Crippen molar-refractivity contribution in [1.82, 2.24) is 14.8 Å². The summed E-state index contributed by atoms with van der Waals surface area (Å²) in [5, 5.41) is 15.3. The lowest BCUT2D eigenvalue weighted by molar-refractivity contribution is -0.118. The van der Waals surface area contributed by atoms with E-state index in [1.807, 2.05) is 6.07 Å². The summed E-state index contributed by atoms with van der Waals surface area (Å²) in [5.74, 6) is -0.383. The third-order valence-corrected chi connectivity index (χ3v) is 3.55. The minimum absolute atomic E-state index is 0.212. The highest BCUT2D eigenvalue weighted by molar-refractivity contribution is 5.92. The summed E-state index contributed by atoms with van der Waals surface area (Å²) in [4.78, 5) is 15.8. The van der Waals surface area contributed by atoms with Crippen molar-refractivity contribution in [2.24, 2.45) is 0 Å². The number of carbonyl (C=O) groups excluding carboxylic acids is 1. The van der Waals surface area contributed by atoms with Crippen molar-refractivity contribution in [3.05, 3.63) is 60.4 Å². The molecule has 1 aromatic heterocycles. The molecule has 3 aromatic rings. The molecule has 0 saturated heterocycles. The Morgan fingerprint density at radius 1 is 1.30 bits per heavy atom. The summed E-state index contributed by atoms with van der Waals surface area (Å²) >= 11 is 0. The van der Waals surface area contributed by atoms with Gasteiger partial charge >= 0.3 is 0 Å². The first-order chi connectivity index (χ1) is 13.1. The van der Waals surface area contributed by atoms with Gasteiger partial charge in [0.15, 0.2) is 23.9 Å². The average molecular weight is 367 g/mol. The van der Waals surface area contributed by atoms with Crippen LogP contribution in [-0.2, 0) is 4.79 Å². The number of ether oxygens (including phenoxy) is 2. The number of halogens is 1. The number of nitrogens with one attached hydrogen (secondary N) is 1. The topological polar surface area (TPSA) is 102 Å². The molecule has 9 heteroatoms. The van der Waals surface area contributed by atoms with E-state index in [4.69, 9.17) is 14.7 Å². The molecule has 0 spiro atoms. The fourth-order valence-electron chi connectivity index (χ4n) is 2.30. The minimum Gasteiger partial charge on any atom is -0.493 e. The predicted octanol–water partition coefficient (Wildman–Crippen LogP) is 2.30. The SMILES string of the molecule is COc1cc(C#N)ccc1OCC(=O)Nc1ccc(-n2cncn2)c(F)c1. The summed E-state index contributed by atoms with van der Waals surface area (Å²) < 4.78 is 26.0. The second-order valence-electron chi connectivity index (χ2n) is 5.32. The number of nitriles is 1. The Hall–Kier alpha value is -3.93. The maximum absolute atomic E-state index is 14.2. The van der Waals surface area contributed by atoms with Gasteiger partial charge in [0.1, 0.15) is 18.3 Å². The Kier molecular flexibility index (Phi) is 5.28. The molecule has 0 saturated carbocycles. The molecule has 0 atom stereocenters. The molecule has 1 amide bonds.